The van der Waals surface area contributed by atoms with Crippen LogP contribution >= 0.6 is 15.9 Å². The minimum absolute atomic E-state index is 0.0177. The van der Waals surface area contributed by atoms with Gasteiger partial charge in [-0.25, -0.2) is 9.96 Å². The molecule has 0 radical (unpaired) electrons. The van der Waals surface area contributed by atoms with Crippen molar-refractivity contribution in [2.75, 3.05) is 9.96 Å². The number of fused-ring (bicyclic) bond motifs is 1. The molecule has 2 fully saturated rings. The molecule has 3 atom stereocenters. The van der Waals surface area contributed by atoms with Crippen molar-refractivity contribution in [2.24, 2.45) is 5.92 Å². The summed E-state index contributed by atoms with van der Waals surface area (Å²) in [5.74, 6) is -1.21. The van der Waals surface area contributed by atoms with E-state index in [1.165, 1.54) is 10.5 Å². The lowest BCUT2D eigenvalue weighted by molar-refractivity contribution is -0.126. The molecule has 0 N–H and O–H groups in total. The highest BCUT2D eigenvalue weighted by atomic mass is 79.9. The number of rotatable bonds is 3. The Balaban J connectivity index is 1.57. The quantitative estimate of drug-likeness (QED) is 0.423. The number of amides is 2. The fraction of sp³-hybridized carbons (Fsp3) is 0.259. The Bertz CT molecular complexity index is 1190. The van der Waals surface area contributed by atoms with Gasteiger partial charge < -0.3 is 0 Å². The number of anilines is 2. The van der Waals surface area contributed by atoms with Gasteiger partial charge in [-0.2, -0.15) is 0 Å². The smallest absolute Gasteiger partial charge is 0.266 e. The minimum Gasteiger partial charge on any atom is -0.273 e. The van der Waals surface area contributed by atoms with Crippen LogP contribution in [0.25, 0.3) is 0 Å². The van der Waals surface area contributed by atoms with Crippen molar-refractivity contribution in [3.05, 3.63) is 94.5 Å². The van der Waals surface area contributed by atoms with Gasteiger partial charge in [-0.15, -0.1) is 0 Å². The molecule has 2 saturated heterocycles. The second kappa shape index (κ2) is 8.12. The van der Waals surface area contributed by atoms with E-state index in [0.717, 1.165) is 15.7 Å². The van der Waals surface area contributed by atoms with Crippen LogP contribution in [-0.4, -0.2) is 17.9 Å². The van der Waals surface area contributed by atoms with Gasteiger partial charge in [-0.05, 0) is 52.9 Å². The molecular formula is C27H25BrN2O3. The zero-order valence-corrected chi connectivity index (χ0v) is 20.3. The first-order valence-electron chi connectivity index (χ1n) is 11.0. The van der Waals surface area contributed by atoms with E-state index in [9.17, 15) is 9.59 Å². The number of hydroxylamine groups is 1. The fourth-order valence-electron chi connectivity index (χ4n) is 4.58. The number of halogens is 1. The number of hydrogen-bond acceptors (Lipinski definition) is 4. The number of nitrogens with zero attached hydrogens (tertiary/aromatic N) is 2. The Hall–Kier alpha value is -2.96. The lowest BCUT2D eigenvalue weighted by Gasteiger charge is -2.29. The summed E-state index contributed by atoms with van der Waals surface area (Å²) in [6, 6.07) is 24.7. The lowest BCUT2D eigenvalue weighted by atomic mass is 9.84. The molecule has 2 amide bonds. The van der Waals surface area contributed by atoms with Gasteiger partial charge in [-0.3, -0.25) is 14.4 Å². The summed E-state index contributed by atoms with van der Waals surface area (Å²) in [6.07, 6.45) is -0.867. The molecule has 5 nitrogen and oxygen atoms in total. The zero-order valence-electron chi connectivity index (χ0n) is 18.7. The topological polar surface area (TPSA) is 49.9 Å². The Morgan fingerprint density at radius 3 is 2.03 bits per heavy atom. The van der Waals surface area contributed by atoms with Crippen LogP contribution in [0.15, 0.2) is 83.3 Å². The van der Waals surface area contributed by atoms with Gasteiger partial charge in [0, 0.05) is 4.47 Å². The minimum atomic E-state index is -0.867. The summed E-state index contributed by atoms with van der Waals surface area (Å²) in [7, 11) is 0. The SMILES string of the molecule is CC(C)(C)c1ccc([C@@H]2[C@H]3C(=O)N(c4ccc(Br)cc4)C(=O)[C@H]3ON2c2ccccc2)cc1. The molecular weight excluding hydrogens is 480 g/mol. The second-order valence-corrected chi connectivity index (χ2v) is 10.4. The molecule has 2 aliphatic rings. The van der Waals surface area contributed by atoms with Crippen molar-refractivity contribution in [1.29, 1.82) is 0 Å². The first-order valence-corrected chi connectivity index (χ1v) is 11.8. The van der Waals surface area contributed by atoms with Crippen molar-refractivity contribution >= 4 is 39.1 Å². The third kappa shape index (κ3) is 3.77. The van der Waals surface area contributed by atoms with Crippen LogP contribution in [-0.2, 0) is 19.8 Å². The first kappa shape index (κ1) is 21.9. The van der Waals surface area contributed by atoms with Gasteiger partial charge in [0.1, 0.15) is 5.92 Å². The van der Waals surface area contributed by atoms with Crippen LogP contribution < -0.4 is 9.96 Å². The summed E-state index contributed by atoms with van der Waals surface area (Å²) < 4.78 is 0.883. The third-order valence-electron chi connectivity index (χ3n) is 6.33. The highest BCUT2D eigenvalue weighted by molar-refractivity contribution is 9.10. The molecule has 0 aliphatic carbocycles. The van der Waals surface area contributed by atoms with E-state index in [2.05, 4.69) is 48.8 Å². The monoisotopic (exact) mass is 504 g/mol. The average molecular weight is 505 g/mol. The molecule has 5 rings (SSSR count). The summed E-state index contributed by atoms with van der Waals surface area (Å²) in [4.78, 5) is 34.5. The van der Waals surface area contributed by atoms with Crippen LogP contribution in [0, 0.1) is 5.92 Å². The number of carbonyl (C=O) groups excluding carboxylic acids is 2. The molecule has 2 heterocycles. The summed E-state index contributed by atoms with van der Waals surface area (Å²) in [5.41, 5.74) is 3.53. The Morgan fingerprint density at radius 1 is 0.788 bits per heavy atom. The highest BCUT2D eigenvalue weighted by Crippen LogP contribution is 2.47. The van der Waals surface area contributed by atoms with Crippen LogP contribution in [0.2, 0.25) is 0 Å². The molecule has 0 saturated carbocycles. The zero-order chi connectivity index (χ0) is 23.3. The molecule has 33 heavy (non-hydrogen) atoms. The maximum absolute atomic E-state index is 13.7. The predicted octanol–water partition coefficient (Wildman–Crippen LogP) is 5.80. The van der Waals surface area contributed by atoms with E-state index in [0.29, 0.717) is 5.69 Å². The van der Waals surface area contributed by atoms with Gasteiger partial charge in [0.05, 0.1) is 17.4 Å². The van der Waals surface area contributed by atoms with Crippen molar-refractivity contribution in [3.8, 4) is 0 Å². The molecule has 3 aromatic rings. The van der Waals surface area contributed by atoms with Gasteiger partial charge in [0.15, 0.2) is 6.10 Å². The van der Waals surface area contributed by atoms with E-state index < -0.39 is 18.1 Å². The molecule has 0 aromatic heterocycles. The summed E-state index contributed by atoms with van der Waals surface area (Å²) in [6.45, 7) is 6.51. The number of benzene rings is 3. The molecule has 0 spiro atoms. The van der Waals surface area contributed by atoms with Gasteiger partial charge in [-0.1, -0.05) is 79.2 Å². The predicted molar refractivity (Wildman–Crippen MR) is 132 cm³/mol. The van der Waals surface area contributed by atoms with Crippen LogP contribution in [0.4, 0.5) is 11.4 Å². The molecule has 168 valence electrons. The second-order valence-electron chi connectivity index (χ2n) is 9.52. The summed E-state index contributed by atoms with van der Waals surface area (Å²) in [5, 5.41) is 1.73. The average Bonchev–Trinajstić information content (AvgIpc) is 3.31. The Labute approximate surface area is 202 Å². The van der Waals surface area contributed by atoms with Gasteiger partial charge >= 0.3 is 0 Å². The van der Waals surface area contributed by atoms with E-state index >= 15 is 0 Å². The van der Waals surface area contributed by atoms with Gasteiger partial charge in [0.2, 0.25) is 5.91 Å². The Kier molecular flexibility index (Phi) is 5.38. The molecule has 0 unspecified atom stereocenters. The highest BCUT2D eigenvalue weighted by Gasteiger charge is 2.60. The van der Waals surface area contributed by atoms with E-state index in [4.69, 9.17) is 4.84 Å². The Morgan fingerprint density at radius 2 is 1.42 bits per heavy atom. The normalized spacial score (nSPS) is 22.7. The van der Waals surface area contributed by atoms with Crippen LogP contribution in [0.5, 0.6) is 0 Å². The fourth-order valence-corrected chi connectivity index (χ4v) is 4.84. The number of hydrogen-bond donors (Lipinski definition) is 0. The number of carbonyl (C=O) groups is 2. The maximum atomic E-state index is 13.7. The van der Waals surface area contributed by atoms with Crippen molar-refractivity contribution in [2.45, 2.75) is 38.3 Å². The molecule has 0 bridgehead atoms. The van der Waals surface area contributed by atoms with Crippen LogP contribution in [0.3, 0.4) is 0 Å². The summed E-state index contributed by atoms with van der Waals surface area (Å²) >= 11 is 3.41. The van der Waals surface area contributed by atoms with Crippen molar-refractivity contribution in [1.82, 2.24) is 0 Å². The maximum Gasteiger partial charge on any atom is 0.266 e. The number of imide groups is 1. The number of para-hydroxylation sites is 1. The van der Waals surface area contributed by atoms with Crippen molar-refractivity contribution in [3.63, 3.8) is 0 Å². The molecule has 3 aromatic carbocycles. The first-order chi connectivity index (χ1) is 15.8. The molecule has 6 heteroatoms. The van der Waals surface area contributed by atoms with E-state index in [-0.39, 0.29) is 17.2 Å². The van der Waals surface area contributed by atoms with E-state index in [1.807, 2.05) is 54.6 Å². The standard InChI is InChI=1S/C27H25BrN2O3/c1-27(2,3)18-11-9-17(10-12-18)23-22-24(33-30(23)21-7-5-4-6-8-21)26(32)29(25(22)31)20-15-13-19(28)14-16-20/h4-16,22-24H,1-3H3/t22-,23-,24+/m1/s1. The van der Waals surface area contributed by atoms with Crippen LogP contribution in [0.1, 0.15) is 37.9 Å². The third-order valence-corrected chi connectivity index (χ3v) is 6.86. The lowest BCUT2D eigenvalue weighted by Crippen LogP contribution is -2.37. The van der Waals surface area contributed by atoms with E-state index in [1.54, 1.807) is 17.2 Å². The van der Waals surface area contributed by atoms with Gasteiger partial charge in [0.25, 0.3) is 5.91 Å². The largest absolute Gasteiger partial charge is 0.273 e. The van der Waals surface area contributed by atoms with Crippen molar-refractivity contribution < 1.29 is 14.4 Å². The molecule has 2 aliphatic heterocycles.